The summed E-state index contributed by atoms with van der Waals surface area (Å²) in [6, 6.07) is -1.98. The molecule has 0 rings (SSSR count). The molecule has 2 atom stereocenters. The molecule has 0 aromatic rings. The van der Waals surface area contributed by atoms with Crippen molar-refractivity contribution < 1.29 is 25.6 Å². The predicted octanol–water partition coefficient (Wildman–Crippen LogP) is 0.489. The zero-order valence-electron chi connectivity index (χ0n) is 11.9. The molecule has 0 fully saturated rings. The van der Waals surface area contributed by atoms with Crippen LogP contribution >= 0.6 is 0 Å². The summed E-state index contributed by atoms with van der Waals surface area (Å²) < 4.78 is 12.1. The van der Waals surface area contributed by atoms with Crippen molar-refractivity contribution in [2.45, 2.75) is 52.3 Å². The van der Waals surface area contributed by atoms with E-state index in [9.17, 15) is 14.4 Å². The second kappa shape index (κ2) is 6.23. The molecule has 0 unspecified atom stereocenters. The number of hydrogen-bond acceptors (Lipinski definition) is 4. The summed E-state index contributed by atoms with van der Waals surface area (Å²) in [5, 5.41) is 13.1. The van der Waals surface area contributed by atoms with Crippen molar-refractivity contribution in [3.8, 4) is 0 Å². The Morgan fingerprint density at radius 3 is 2.22 bits per heavy atom. The number of rotatable bonds is 4. The molecule has 0 aliphatic rings. The Balaban J connectivity index is 4.30. The fourth-order valence-corrected chi connectivity index (χ4v) is 0.923. The number of carbonyl (C=O) groups excluding carboxylic acids is 2. The van der Waals surface area contributed by atoms with Crippen LogP contribution < -0.4 is 10.6 Å². The van der Waals surface area contributed by atoms with Gasteiger partial charge in [0.15, 0.2) is 0 Å². The number of alkyl carbamates (subject to hydrolysis) is 1. The molecule has 2 amide bonds. The third-order valence-electron chi connectivity index (χ3n) is 1.83. The minimum Gasteiger partial charge on any atom is -0.480 e. The van der Waals surface area contributed by atoms with Crippen LogP contribution in [0.1, 0.15) is 36.0 Å². The SMILES string of the molecule is [2H]CC(C)(C)OC(=O)N[C@@H](C)C(=O)N[C@@H](C)C(=O)O. The molecule has 0 saturated carbocycles. The second-order valence-electron chi connectivity index (χ2n) is 4.58. The quantitative estimate of drug-likeness (QED) is 0.683. The summed E-state index contributed by atoms with van der Waals surface area (Å²) in [7, 11) is 0. The number of ether oxygens (including phenoxy) is 1. The van der Waals surface area contributed by atoms with Gasteiger partial charge in [-0.15, -0.1) is 0 Å². The maximum absolute atomic E-state index is 11.5. The van der Waals surface area contributed by atoms with Gasteiger partial charge in [-0.25, -0.2) is 4.79 Å². The highest BCUT2D eigenvalue weighted by molar-refractivity contribution is 5.88. The summed E-state index contributed by atoms with van der Waals surface area (Å²) in [6.45, 7) is 5.73. The normalized spacial score (nSPS) is 15.0. The summed E-state index contributed by atoms with van der Waals surface area (Å²) in [4.78, 5) is 33.5. The molecule has 18 heavy (non-hydrogen) atoms. The Bertz CT molecular complexity index is 359. The Labute approximate surface area is 107 Å². The van der Waals surface area contributed by atoms with Crippen molar-refractivity contribution in [3.63, 3.8) is 0 Å². The lowest BCUT2D eigenvalue weighted by molar-refractivity contribution is -0.141. The van der Waals surface area contributed by atoms with Gasteiger partial charge >= 0.3 is 12.1 Å². The highest BCUT2D eigenvalue weighted by Gasteiger charge is 2.23. The molecule has 0 bridgehead atoms. The van der Waals surface area contributed by atoms with E-state index >= 15 is 0 Å². The number of aliphatic carboxylic acids is 1. The second-order valence-corrected chi connectivity index (χ2v) is 4.58. The van der Waals surface area contributed by atoms with Crippen LogP contribution in [0.25, 0.3) is 0 Å². The van der Waals surface area contributed by atoms with Crippen LogP contribution in [-0.2, 0) is 14.3 Å². The number of carbonyl (C=O) groups is 3. The third-order valence-corrected chi connectivity index (χ3v) is 1.83. The molecule has 0 radical (unpaired) electrons. The molecule has 7 heteroatoms. The molecule has 104 valence electrons. The number of amides is 2. The number of hydrogen-bond donors (Lipinski definition) is 3. The first-order valence-electron chi connectivity index (χ1n) is 6.11. The largest absolute Gasteiger partial charge is 0.480 e. The van der Waals surface area contributed by atoms with Crippen LogP contribution in [0.2, 0.25) is 0 Å². The van der Waals surface area contributed by atoms with Gasteiger partial charge in [0.2, 0.25) is 5.91 Å². The smallest absolute Gasteiger partial charge is 0.408 e. The van der Waals surface area contributed by atoms with Gasteiger partial charge in [0.05, 0.1) is 0 Å². The first kappa shape index (κ1) is 14.3. The Hall–Kier alpha value is -1.79. The van der Waals surface area contributed by atoms with Crippen LogP contribution in [0.4, 0.5) is 4.79 Å². The maximum Gasteiger partial charge on any atom is 0.408 e. The molecule has 0 aromatic heterocycles. The zero-order valence-corrected chi connectivity index (χ0v) is 10.9. The van der Waals surface area contributed by atoms with Crippen molar-refractivity contribution in [2.75, 3.05) is 0 Å². The van der Waals surface area contributed by atoms with E-state index in [-0.39, 0.29) is 6.90 Å². The van der Waals surface area contributed by atoms with Gasteiger partial charge < -0.3 is 20.5 Å². The summed E-state index contributed by atoms with van der Waals surface area (Å²) in [5.74, 6) is -1.80. The van der Waals surface area contributed by atoms with Gasteiger partial charge in [0, 0.05) is 1.37 Å². The molecule has 3 N–H and O–H groups in total. The zero-order chi connectivity index (χ0) is 15.2. The van der Waals surface area contributed by atoms with Gasteiger partial charge in [0.1, 0.15) is 17.7 Å². The minimum absolute atomic E-state index is 0.114. The van der Waals surface area contributed by atoms with Gasteiger partial charge in [0.25, 0.3) is 0 Å². The van der Waals surface area contributed by atoms with Gasteiger partial charge in [-0.05, 0) is 34.6 Å². The average molecular weight is 261 g/mol. The Morgan fingerprint density at radius 1 is 1.22 bits per heavy atom. The first-order chi connectivity index (χ1) is 8.59. The van der Waals surface area contributed by atoms with Crippen molar-refractivity contribution >= 4 is 18.0 Å². The van der Waals surface area contributed by atoms with E-state index in [1.807, 2.05) is 0 Å². The number of carboxylic acid groups (broad SMARTS) is 1. The highest BCUT2D eigenvalue weighted by Crippen LogP contribution is 2.06. The molecule has 0 aliphatic heterocycles. The molecule has 0 aromatic carbocycles. The fourth-order valence-electron chi connectivity index (χ4n) is 0.923. The lowest BCUT2D eigenvalue weighted by atomic mass is 10.2. The van der Waals surface area contributed by atoms with Crippen molar-refractivity contribution in [1.29, 1.82) is 0 Å². The minimum atomic E-state index is -1.17. The van der Waals surface area contributed by atoms with E-state index in [1.165, 1.54) is 13.8 Å². The van der Waals surface area contributed by atoms with Gasteiger partial charge in [-0.1, -0.05) is 0 Å². The number of carboxylic acids is 1. The van der Waals surface area contributed by atoms with E-state index in [0.29, 0.717) is 0 Å². The summed E-state index contributed by atoms with van der Waals surface area (Å²) in [5.41, 5.74) is -0.950. The lowest BCUT2D eigenvalue weighted by Gasteiger charge is -2.22. The molecule has 0 spiro atoms. The topological polar surface area (TPSA) is 105 Å². The molecular formula is C11H20N2O5. The van der Waals surface area contributed by atoms with Crippen LogP contribution in [0, 0.1) is 0 Å². The summed E-state index contributed by atoms with van der Waals surface area (Å²) in [6.07, 6.45) is -0.831. The maximum atomic E-state index is 11.5. The standard InChI is InChI=1S/C11H20N2O5/c1-6(8(14)12-7(2)9(15)16)13-10(17)18-11(3,4)5/h6-7H,1-5H3,(H,12,14)(H,13,17)(H,15,16)/t6-,7-/m0/s1/i3D. The van der Waals surface area contributed by atoms with E-state index in [4.69, 9.17) is 11.2 Å². The van der Waals surface area contributed by atoms with Crippen LogP contribution in [0.15, 0.2) is 0 Å². The molecule has 7 nitrogen and oxygen atoms in total. The third kappa shape index (κ3) is 6.72. The fraction of sp³-hybridized carbons (Fsp3) is 0.727. The molecule has 0 saturated heterocycles. The highest BCUT2D eigenvalue weighted by atomic mass is 16.6. The van der Waals surface area contributed by atoms with E-state index in [2.05, 4.69) is 10.6 Å². The van der Waals surface area contributed by atoms with Crippen molar-refractivity contribution in [3.05, 3.63) is 0 Å². The first-order valence-corrected chi connectivity index (χ1v) is 5.41. The number of nitrogens with one attached hydrogen (secondary N) is 2. The Morgan fingerprint density at radius 2 is 1.78 bits per heavy atom. The summed E-state index contributed by atoms with van der Waals surface area (Å²) >= 11 is 0. The lowest BCUT2D eigenvalue weighted by Crippen LogP contribution is -2.50. The molecule has 0 aliphatic carbocycles. The van der Waals surface area contributed by atoms with Crippen LogP contribution in [-0.4, -0.2) is 40.8 Å². The van der Waals surface area contributed by atoms with E-state index in [0.717, 1.165) is 0 Å². The van der Waals surface area contributed by atoms with Crippen LogP contribution in [0.3, 0.4) is 0 Å². The van der Waals surface area contributed by atoms with Crippen molar-refractivity contribution in [1.82, 2.24) is 10.6 Å². The van der Waals surface area contributed by atoms with Crippen molar-refractivity contribution in [2.24, 2.45) is 0 Å². The monoisotopic (exact) mass is 261 g/mol. The Kier molecular flexibility index (Phi) is 4.94. The van der Waals surface area contributed by atoms with Gasteiger partial charge in [-0.2, -0.15) is 0 Å². The van der Waals surface area contributed by atoms with E-state index < -0.39 is 35.7 Å². The van der Waals surface area contributed by atoms with Gasteiger partial charge in [-0.3, -0.25) is 9.59 Å². The van der Waals surface area contributed by atoms with Crippen LogP contribution in [0.5, 0.6) is 0 Å². The average Bonchev–Trinajstić information content (AvgIpc) is 2.27. The molecular weight excluding hydrogens is 240 g/mol. The predicted molar refractivity (Wildman–Crippen MR) is 64.1 cm³/mol. The van der Waals surface area contributed by atoms with E-state index in [1.54, 1.807) is 13.8 Å². The molecule has 0 heterocycles.